The molecule has 238 valence electrons. The Bertz CT molecular complexity index is 1010. The molecule has 0 spiro atoms. The fourth-order valence-electron chi connectivity index (χ4n) is 3.12. The molecule has 0 aliphatic carbocycles. The maximum absolute atomic E-state index is 8.70. The standard InChI is InChI=1S/2C15H16O2.C3H8.3C2H6/c1-3-8-14(9-4-1)16-12-7-13-17-15-10-5-2-6-11-15;16-10-5-11-17-15-9-4-8-14(12-15)13-6-2-1-3-7-13;1-3-2;3*1-2/h1-6,8-11H,7,12-13H2;1-4,6-9,12,16H,5,10-11H2;3H2,1-2H3;3*1-2H3. The molecule has 4 aromatic rings. The number of para-hydroxylation sites is 2. The number of ether oxygens (including phenoxy) is 3. The minimum atomic E-state index is 0.165. The van der Waals surface area contributed by atoms with Gasteiger partial charge in [-0.1, -0.05) is 141 Å². The third-order valence-corrected chi connectivity index (χ3v) is 4.82. The Kier molecular flexibility index (Phi) is 31.5. The summed E-state index contributed by atoms with van der Waals surface area (Å²) >= 11 is 0. The monoisotopic (exact) mass is 590 g/mol. The third kappa shape index (κ3) is 22.5. The summed E-state index contributed by atoms with van der Waals surface area (Å²) in [7, 11) is 0. The van der Waals surface area contributed by atoms with Crippen molar-refractivity contribution in [1.29, 1.82) is 0 Å². The van der Waals surface area contributed by atoms with Gasteiger partial charge >= 0.3 is 0 Å². The molecule has 0 atom stereocenters. The summed E-state index contributed by atoms with van der Waals surface area (Å²) in [5.74, 6) is 2.67. The van der Waals surface area contributed by atoms with E-state index >= 15 is 0 Å². The molecule has 0 fully saturated rings. The van der Waals surface area contributed by atoms with Crippen LogP contribution in [0.2, 0.25) is 0 Å². The lowest BCUT2D eigenvalue weighted by Crippen LogP contribution is -2.04. The quantitative estimate of drug-likeness (QED) is 0.177. The highest BCUT2D eigenvalue weighted by Crippen LogP contribution is 2.23. The van der Waals surface area contributed by atoms with E-state index in [2.05, 4.69) is 32.0 Å². The van der Waals surface area contributed by atoms with E-state index in [4.69, 9.17) is 19.3 Å². The zero-order valence-corrected chi connectivity index (χ0v) is 28.1. The van der Waals surface area contributed by atoms with E-state index in [-0.39, 0.29) is 6.61 Å². The lowest BCUT2D eigenvalue weighted by atomic mass is 10.1. The summed E-state index contributed by atoms with van der Waals surface area (Å²) in [4.78, 5) is 0. The van der Waals surface area contributed by atoms with Crippen molar-refractivity contribution in [3.63, 3.8) is 0 Å². The molecule has 0 aliphatic rings. The highest BCUT2D eigenvalue weighted by atomic mass is 16.5. The van der Waals surface area contributed by atoms with Gasteiger partial charge in [-0.15, -0.1) is 0 Å². The molecule has 0 saturated carbocycles. The number of aliphatic hydroxyl groups is 1. The first-order chi connectivity index (χ1) is 21.3. The molecule has 43 heavy (non-hydrogen) atoms. The Balaban J connectivity index is 0. The second-order valence-corrected chi connectivity index (χ2v) is 8.20. The normalized spacial score (nSPS) is 8.77. The van der Waals surface area contributed by atoms with Crippen molar-refractivity contribution in [2.45, 2.75) is 74.7 Å². The number of benzene rings is 4. The minimum absolute atomic E-state index is 0.165. The van der Waals surface area contributed by atoms with E-state index in [9.17, 15) is 0 Å². The van der Waals surface area contributed by atoms with Gasteiger partial charge in [-0.3, -0.25) is 0 Å². The lowest BCUT2D eigenvalue weighted by Gasteiger charge is -2.07. The van der Waals surface area contributed by atoms with Crippen LogP contribution in [-0.4, -0.2) is 31.5 Å². The first-order valence-corrected chi connectivity index (χ1v) is 16.0. The smallest absolute Gasteiger partial charge is 0.119 e. The molecule has 0 unspecified atom stereocenters. The van der Waals surface area contributed by atoms with Gasteiger partial charge in [0.1, 0.15) is 17.2 Å². The average Bonchev–Trinajstić information content (AvgIpc) is 3.10. The molecule has 0 bridgehead atoms. The zero-order chi connectivity index (χ0) is 32.4. The third-order valence-electron chi connectivity index (χ3n) is 4.82. The van der Waals surface area contributed by atoms with Crippen LogP contribution in [0.25, 0.3) is 11.1 Å². The van der Waals surface area contributed by atoms with Crippen LogP contribution in [0.1, 0.15) is 74.7 Å². The Labute approximate surface area is 263 Å². The molecule has 4 nitrogen and oxygen atoms in total. The molecule has 4 rings (SSSR count). The summed E-state index contributed by atoms with van der Waals surface area (Å²) in [6, 6.07) is 37.9. The summed E-state index contributed by atoms with van der Waals surface area (Å²) < 4.78 is 16.7. The van der Waals surface area contributed by atoms with Crippen LogP contribution in [0.3, 0.4) is 0 Å². The van der Waals surface area contributed by atoms with Crippen molar-refractivity contribution >= 4 is 0 Å². The van der Waals surface area contributed by atoms with Crippen LogP contribution in [0.15, 0.2) is 115 Å². The van der Waals surface area contributed by atoms with Crippen LogP contribution in [0.5, 0.6) is 17.2 Å². The topological polar surface area (TPSA) is 47.9 Å². The van der Waals surface area contributed by atoms with Gasteiger partial charge in [0.15, 0.2) is 0 Å². The molecule has 0 aromatic heterocycles. The first kappa shape index (κ1) is 41.4. The van der Waals surface area contributed by atoms with Crippen LogP contribution in [0.4, 0.5) is 0 Å². The van der Waals surface area contributed by atoms with Gasteiger partial charge in [0.25, 0.3) is 0 Å². The van der Waals surface area contributed by atoms with Gasteiger partial charge in [0, 0.05) is 19.4 Å². The van der Waals surface area contributed by atoms with Gasteiger partial charge < -0.3 is 19.3 Å². The number of hydrogen-bond acceptors (Lipinski definition) is 4. The van der Waals surface area contributed by atoms with Crippen molar-refractivity contribution in [2.24, 2.45) is 0 Å². The van der Waals surface area contributed by atoms with Crippen LogP contribution in [-0.2, 0) is 0 Å². The molecular weight excluding hydrogens is 532 g/mol. The summed E-state index contributed by atoms with van der Waals surface area (Å²) in [5.41, 5.74) is 2.33. The number of rotatable bonds is 11. The average molecular weight is 591 g/mol. The highest BCUT2D eigenvalue weighted by Gasteiger charge is 1.99. The molecule has 4 heteroatoms. The predicted molar refractivity (Wildman–Crippen MR) is 188 cm³/mol. The second-order valence-electron chi connectivity index (χ2n) is 8.20. The fraction of sp³-hybridized carbons (Fsp3) is 0.385. The Morgan fingerprint density at radius 3 is 1.23 bits per heavy atom. The van der Waals surface area contributed by atoms with Crippen LogP contribution < -0.4 is 14.2 Å². The van der Waals surface area contributed by atoms with Gasteiger partial charge in [-0.05, 0) is 47.5 Å². The zero-order valence-electron chi connectivity index (χ0n) is 28.1. The van der Waals surface area contributed by atoms with Crippen molar-refractivity contribution in [3.8, 4) is 28.4 Å². The van der Waals surface area contributed by atoms with Gasteiger partial charge in [0.05, 0.1) is 19.8 Å². The predicted octanol–water partition coefficient (Wildman–Crippen LogP) is 11.1. The van der Waals surface area contributed by atoms with Crippen molar-refractivity contribution in [2.75, 3.05) is 26.4 Å². The van der Waals surface area contributed by atoms with Gasteiger partial charge in [0.2, 0.25) is 0 Å². The second kappa shape index (κ2) is 32.8. The van der Waals surface area contributed by atoms with Crippen molar-refractivity contribution in [3.05, 3.63) is 115 Å². The molecular formula is C39H58O4. The summed E-state index contributed by atoms with van der Waals surface area (Å²) in [6.45, 7) is 18.3. The summed E-state index contributed by atoms with van der Waals surface area (Å²) in [6.07, 6.45) is 2.79. The Morgan fingerprint density at radius 1 is 0.442 bits per heavy atom. The number of aliphatic hydroxyl groups excluding tert-OH is 1. The van der Waals surface area contributed by atoms with Crippen LogP contribution in [0, 0.1) is 0 Å². The maximum atomic E-state index is 8.70. The first-order valence-electron chi connectivity index (χ1n) is 16.0. The molecule has 4 aromatic carbocycles. The van der Waals surface area contributed by atoms with Crippen molar-refractivity contribution in [1.82, 2.24) is 0 Å². The van der Waals surface area contributed by atoms with E-state index in [1.807, 2.05) is 139 Å². The summed E-state index contributed by atoms with van der Waals surface area (Å²) in [5, 5.41) is 8.70. The molecule has 0 aliphatic heterocycles. The largest absolute Gasteiger partial charge is 0.493 e. The van der Waals surface area contributed by atoms with E-state index < -0.39 is 0 Å². The lowest BCUT2D eigenvalue weighted by molar-refractivity contribution is 0.233. The SMILES string of the molecule is CC.CC.CC.CCC.OCCCOc1cccc(-c2ccccc2)c1.c1ccc(OCCCOc2ccccc2)cc1. The van der Waals surface area contributed by atoms with Crippen molar-refractivity contribution < 1.29 is 19.3 Å². The van der Waals surface area contributed by atoms with Gasteiger partial charge in [-0.2, -0.15) is 0 Å². The number of hydrogen-bond donors (Lipinski definition) is 1. The van der Waals surface area contributed by atoms with E-state index in [1.54, 1.807) is 0 Å². The molecule has 0 radical (unpaired) electrons. The molecule has 0 amide bonds. The fourth-order valence-corrected chi connectivity index (χ4v) is 3.12. The Morgan fingerprint density at radius 2 is 0.791 bits per heavy atom. The van der Waals surface area contributed by atoms with Crippen LogP contribution >= 0.6 is 0 Å². The Hall–Kier alpha value is -3.76. The van der Waals surface area contributed by atoms with Gasteiger partial charge in [-0.25, -0.2) is 0 Å². The highest BCUT2D eigenvalue weighted by molar-refractivity contribution is 5.64. The van der Waals surface area contributed by atoms with E-state index in [0.717, 1.165) is 29.2 Å². The minimum Gasteiger partial charge on any atom is -0.493 e. The molecule has 0 saturated heterocycles. The van der Waals surface area contributed by atoms with E-state index in [1.165, 1.54) is 12.0 Å². The maximum Gasteiger partial charge on any atom is 0.119 e. The molecule has 1 N–H and O–H groups in total. The van der Waals surface area contributed by atoms with E-state index in [0.29, 0.717) is 26.2 Å². The molecule has 0 heterocycles.